The van der Waals surface area contributed by atoms with E-state index < -0.39 is 0 Å². The van der Waals surface area contributed by atoms with Crippen molar-refractivity contribution in [2.45, 2.75) is 50.4 Å². The zero-order valence-electron chi connectivity index (χ0n) is 22.0. The summed E-state index contributed by atoms with van der Waals surface area (Å²) in [5, 5.41) is 0.345. The maximum atomic E-state index is 13.6. The van der Waals surface area contributed by atoms with Crippen molar-refractivity contribution in [1.29, 1.82) is 0 Å². The van der Waals surface area contributed by atoms with E-state index in [4.69, 9.17) is 4.98 Å². The molecule has 1 unspecified atom stereocenters. The number of aryl methyl sites for hydroxylation is 2. The molecule has 1 fully saturated rings. The standard InChI is InChI=1S/C29H35BrN4O2S/c1-5-8-26(28(36)34-17-15-33(16-18-34)25-10-7-6-9-20(25)2)37-29-31-21(3)24(27(35)32(29)4)19-22-11-13-23(30)14-12-22/h6-7,9-14,26H,5,8,15-19H2,1-4H3. The van der Waals surface area contributed by atoms with Crippen LogP contribution in [0.3, 0.4) is 0 Å². The molecule has 196 valence electrons. The van der Waals surface area contributed by atoms with E-state index in [-0.39, 0.29) is 16.7 Å². The zero-order chi connectivity index (χ0) is 26.5. The Morgan fingerprint density at radius 2 is 1.73 bits per heavy atom. The number of piperazine rings is 1. The maximum Gasteiger partial charge on any atom is 0.257 e. The number of hydrogen-bond donors (Lipinski definition) is 0. The lowest BCUT2D eigenvalue weighted by Crippen LogP contribution is -2.51. The summed E-state index contributed by atoms with van der Waals surface area (Å²) < 4.78 is 2.62. The number of aromatic nitrogens is 2. The van der Waals surface area contributed by atoms with Gasteiger partial charge in [-0.15, -0.1) is 0 Å². The molecule has 1 aromatic heterocycles. The number of thioether (sulfide) groups is 1. The van der Waals surface area contributed by atoms with Gasteiger partial charge in [-0.1, -0.05) is 71.4 Å². The van der Waals surface area contributed by atoms with E-state index in [0.29, 0.717) is 30.2 Å². The third-order valence-corrected chi connectivity index (χ3v) is 8.79. The van der Waals surface area contributed by atoms with E-state index >= 15 is 0 Å². The fourth-order valence-electron chi connectivity index (χ4n) is 4.76. The Morgan fingerprint density at radius 1 is 1.05 bits per heavy atom. The SMILES string of the molecule is CCCC(Sc1nc(C)c(Cc2ccc(Br)cc2)c(=O)n1C)C(=O)N1CCN(c2ccccc2C)CC1. The second-order valence-corrected chi connectivity index (χ2v) is 11.7. The number of nitrogens with zero attached hydrogens (tertiary/aromatic N) is 4. The lowest BCUT2D eigenvalue weighted by Gasteiger charge is -2.38. The van der Waals surface area contributed by atoms with Crippen molar-refractivity contribution in [3.8, 4) is 0 Å². The molecule has 1 saturated heterocycles. The number of halogens is 1. The van der Waals surface area contributed by atoms with Crippen LogP contribution in [0.5, 0.6) is 0 Å². The molecule has 4 rings (SSSR count). The van der Waals surface area contributed by atoms with Crippen LogP contribution < -0.4 is 10.5 Å². The highest BCUT2D eigenvalue weighted by molar-refractivity contribution is 9.10. The van der Waals surface area contributed by atoms with E-state index in [9.17, 15) is 9.59 Å². The van der Waals surface area contributed by atoms with Crippen LogP contribution in [-0.4, -0.2) is 51.8 Å². The number of anilines is 1. The molecule has 3 aromatic rings. The number of benzene rings is 2. The van der Waals surface area contributed by atoms with Crippen molar-refractivity contribution in [3.05, 3.63) is 85.7 Å². The van der Waals surface area contributed by atoms with E-state index in [0.717, 1.165) is 41.7 Å². The van der Waals surface area contributed by atoms with Gasteiger partial charge in [-0.3, -0.25) is 14.2 Å². The van der Waals surface area contributed by atoms with E-state index in [2.05, 4.69) is 58.9 Å². The molecule has 1 amide bonds. The molecule has 2 aromatic carbocycles. The summed E-state index contributed by atoms with van der Waals surface area (Å²) in [6, 6.07) is 16.4. The van der Waals surface area contributed by atoms with Gasteiger partial charge in [0.25, 0.3) is 5.56 Å². The van der Waals surface area contributed by atoms with Crippen LogP contribution in [0.15, 0.2) is 63.0 Å². The molecule has 1 aliphatic heterocycles. The molecule has 37 heavy (non-hydrogen) atoms. The Kier molecular flexibility index (Phi) is 9.13. The highest BCUT2D eigenvalue weighted by Crippen LogP contribution is 2.28. The smallest absolute Gasteiger partial charge is 0.257 e. The maximum absolute atomic E-state index is 13.6. The Labute approximate surface area is 232 Å². The first kappa shape index (κ1) is 27.5. The van der Waals surface area contributed by atoms with Crippen molar-refractivity contribution < 1.29 is 4.79 Å². The van der Waals surface area contributed by atoms with Gasteiger partial charge in [-0.05, 0) is 49.6 Å². The first-order valence-electron chi connectivity index (χ1n) is 12.9. The zero-order valence-corrected chi connectivity index (χ0v) is 24.4. The predicted molar refractivity (Wildman–Crippen MR) is 156 cm³/mol. The third-order valence-electron chi connectivity index (χ3n) is 6.97. The van der Waals surface area contributed by atoms with E-state index in [1.54, 1.807) is 11.6 Å². The van der Waals surface area contributed by atoms with Crippen LogP contribution in [0, 0.1) is 13.8 Å². The molecule has 6 nitrogen and oxygen atoms in total. The first-order valence-corrected chi connectivity index (χ1v) is 14.5. The molecular formula is C29H35BrN4O2S. The fourth-order valence-corrected chi connectivity index (χ4v) is 6.31. The Hall–Kier alpha value is -2.58. The van der Waals surface area contributed by atoms with Crippen LogP contribution in [0.2, 0.25) is 0 Å². The lowest BCUT2D eigenvalue weighted by atomic mass is 10.1. The number of rotatable bonds is 8. The quantitative estimate of drug-likeness (QED) is 0.264. The van der Waals surface area contributed by atoms with Gasteiger partial charge in [-0.2, -0.15) is 0 Å². The molecule has 8 heteroatoms. The molecule has 1 atom stereocenters. The average molecular weight is 584 g/mol. The number of amides is 1. The summed E-state index contributed by atoms with van der Waals surface area (Å²) in [6.45, 7) is 9.15. The summed E-state index contributed by atoms with van der Waals surface area (Å²) in [4.78, 5) is 36.0. The minimum atomic E-state index is -0.259. The second kappa shape index (κ2) is 12.3. The summed E-state index contributed by atoms with van der Waals surface area (Å²) in [6.07, 6.45) is 2.17. The van der Waals surface area contributed by atoms with E-state index in [1.165, 1.54) is 23.0 Å². The largest absolute Gasteiger partial charge is 0.368 e. The van der Waals surface area contributed by atoms with E-state index in [1.807, 2.05) is 36.1 Å². The summed E-state index contributed by atoms with van der Waals surface area (Å²) in [5.41, 5.74) is 4.93. The second-order valence-electron chi connectivity index (χ2n) is 9.62. The number of hydrogen-bond acceptors (Lipinski definition) is 5. The molecule has 0 N–H and O–H groups in total. The van der Waals surface area contributed by atoms with Crippen molar-refractivity contribution in [1.82, 2.24) is 14.5 Å². The number of para-hydroxylation sites is 1. The van der Waals surface area contributed by atoms with Crippen LogP contribution >= 0.6 is 27.7 Å². The molecule has 0 saturated carbocycles. The molecular weight excluding hydrogens is 548 g/mol. The van der Waals surface area contributed by atoms with Gasteiger partial charge in [0.15, 0.2) is 5.16 Å². The normalized spacial score (nSPS) is 14.6. The number of carbonyl (C=O) groups excluding carboxylic acids is 1. The topological polar surface area (TPSA) is 58.4 Å². The van der Waals surface area contributed by atoms with Crippen molar-refractivity contribution in [2.75, 3.05) is 31.1 Å². The van der Waals surface area contributed by atoms with Gasteiger partial charge < -0.3 is 9.80 Å². The summed E-state index contributed by atoms with van der Waals surface area (Å²) in [7, 11) is 1.76. The molecule has 0 radical (unpaired) electrons. The molecule has 0 bridgehead atoms. The van der Waals surface area contributed by atoms with Gasteiger partial charge in [0.05, 0.1) is 5.25 Å². The number of carbonyl (C=O) groups is 1. The van der Waals surface area contributed by atoms with Gasteiger partial charge in [-0.25, -0.2) is 4.98 Å². The Bertz CT molecular complexity index is 1300. The molecule has 2 heterocycles. The summed E-state index contributed by atoms with van der Waals surface area (Å²) >= 11 is 4.89. The van der Waals surface area contributed by atoms with Crippen LogP contribution in [0.1, 0.15) is 42.1 Å². The van der Waals surface area contributed by atoms with Gasteiger partial charge >= 0.3 is 0 Å². The minimum absolute atomic E-state index is 0.0486. The van der Waals surface area contributed by atoms with Crippen molar-refractivity contribution >= 4 is 39.3 Å². The van der Waals surface area contributed by atoms with Crippen molar-refractivity contribution in [2.24, 2.45) is 7.05 Å². The Morgan fingerprint density at radius 3 is 2.38 bits per heavy atom. The summed E-state index contributed by atoms with van der Waals surface area (Å²) in [5.74, 6) is 0.141. The van der Waals surface area contributed by atoms with Gasteiger partial charge in [0.2, 0.25) is 5.91 Å². The molecule has 0 aliphatic carbocycles. The van der Waals surface area contributed by atoms with Gasteiger partial charge in [0.1, 0.15) is 0 Å². The Balaban J connectivity index is 1.47. The van der Waals surface area contributed by atoms with Crippen LogP contribution in [0.4, 0.5) is 5.69 Å². The first-order chi connectivity index (χ1) is 17.8. The van der Waals surface area contributed by atoms with Crippen LogP contribution in [-0.2, 0) is 18.3 Å². The van der Waals surface area contributed by atoms with Crippen LogP contribution in [0.25, 0.3) is 0 Å². The predicted octanol–water partition coefficient (Wildman–Crippen LogP) is 5.36. The van der Waals surface area contributed by atoms with Crippen molar-refractivity contribution in [3.63, 3.8) is 0 Å². The fraction of sp³-hybridized carbons (Fsp3) is 0.414. The molecule has 0 spiro atoms. The minimum Gasteiger partial charge on any atom is -0.368 e. The third kappa shape index (κ3) is 6.47. The lowest BCUT2D eigenvalue weighted by molar-refractivity contribution is -0.131. The molecule has 1 aliphatic rings. The highest BCUT2D eigenvalue weighted by Gasteiger charge is 2.29. The average Bonchev–Trinajstić information content (AvgIpc) is 2.90. The monoisotopic (exact) mass is 582 g/mol. The highest BCUT2D eigenvalue weighted by atomic mass is 79.9. The van der Waals surface area contributed by atoms with Gasteiger partial charge in [0, 0.05) is 61.1 Å².